The highest BCUT2D eigenvalue weighted by atomic mass is 35.5. The van der Waals surface area contributed by atoms with Crippen LogP contribution in [-0.2, 0) is 9.09 Å². The molecule has 0 saturated heterocycles. The molecule has 42 heavy (non-hydrogen) atoms. The van der Waals surface area contributed by atoms with E-state index in [4.69, 9.17) is 16.1 Å². The van der Waals surface area contributed by atoms with Crippen molar-refractivity contribution in [3.63, 3.8) is 0 Å². The third kappa shape index (κ3) is 7.06. The molecule has 11 nitrogen and oxygen atoms in total. The molecule has 0 spiro atoms. The highest BCUT2D eigenvalue weighted by Crippen LogP contribution is 2.41. The van der Waals surface area contributed by atoms with Gasteiger partial charge in [-0.25, -0.2) is 13.6 Å². The summed E-state index contributed by atoms with van der Waals surface area (Å²) in [7, 11) is -4.85. The van der Waals surface area contributed by atoms with Crippen molar-refractivity contribution < 1.29 is 24.6 Å². The van der Waals surface area contributed by atoms with Crippen LogP contribution >= 0.6 is 19.4 Å². The summed E-state index contributed by atoms with van der Waals surface area (Å²) in [5.74, 6) is -0.460. The zero-order valence-corrected chi connectivity index (χ0v) is 24.8. The van der Waals surface area contributed by atoms with Crippen LogP contribution in [0.3, 0.4) is 0 Å². The SMILES string of the molecule is [2H]C(Nc1cc(Cl)c2ncc(C#N)c(N(COP(=O)(O)O)CC(C)(C)C)c2c1)(c1ccc(F)cc1)c1cn(C2CC2)nn1. The van der Waals surface area contributed by atoms with Gasteiger partial charge in [0, 0.05) is 23.8 Å². The minimum Gasteiger partial charge on any atom is -0.373 e. The van der Waals surface area contributed by atoms with E-state index in [1.807, 2.05) is 20.8 Å². The molecule has 1 aliphatic rings. The van der Waals surface area contributed by atoms with Crippen molar-refractivity contribution in [2.45, 2.75) is 45.7 Å². The van der Waals surface area contributed by atoms with Crippen molar-refractivity contribution in [3.05, 3.63) is 76.5 Å². The molecule has 2 aromatic heterocycles. The molecule has 1 unspecified atom stereocenters. The standard InChI is InChI=1S/C28H30ClFN7O4P/c1-28(2,3)15-36(16-41-42(38,39)40)27-18(12-31)13-32-26-22(27)10-20(11-23(26)29)33-25(17-4-6-19(30)7-5-17)24-14-37(35-34-24)21-8-9-21/h4-7,10-11,13-14,21,25,33H,8-9,15-16H2,1-3H3,(H2,38,39,40)/i25D. The number of halogens is 2. The molecule has 1 fully saturated rings. The number of phosphoric acid groups is 1. The predicted octanol–water partition coefficient (Wildman–Crippen LogP) is 5.95. The zero-order valence-electron chi connectivity index (χ0n) is 24.1. The van der Waals surface area contributed by atoms with Gasteiger partial charge < -0.3 is 20.0 Å². The molecule has 0 bridgehead atoms. The number of hydrogen-bond donors (Lipinski definition) is 3. The van der Waals surface area contributed by atoms with Crippen molar-refractivity contribution in [1.29, 1.82) is 5.26 Å². The van der Waals surface area contributed by atoms with Gasteiger partial charge in [-0.05, 0) is 48.1 Å². The maximum absolute atomic E-state index is 13.9. The average molecular weight is 615 g/mol. The van der Waals surface area contributed by atoms with Crippen LogP contribution in [0, 0.1) is 22.6 Å². The molecule has 2 aromatic carbocycles. The number of nitrogens with zero attached hydrogens (tertiary/aromatic N) is 6. The zero-order chi connectivity index (χ0) is 31.2. The van der Waals surface area contributed by atoms with Crippen LogP contribution in [0.1, 0.15) is 63.9 Å². The molecular weight excluding hydrogens is 584 g/mol. The van der Waals surface area contributed by atoms with Gasteiger partial charge in [-0.3, -0.25) is 9.51 Å². The Morgan fingerprint density at radius 3 is 2.67 bits per heavy atom. The van der Waals surface area contributed by atoms with Crippen LogP contribution in [0.4, 0.5) is 15.8 Å². The Labute approximate surface area is 248 Å². The minimum atomic E-state index is -4.85. The van der Waals surface area contributed by atoms with E-state index < -0.39 is 26.4 Å². The van der Waals surface area contributed by atoms with Gasteiger partial charge in [-0.1, -0.05) is 49.7 Å². The number of pyridine rings is 1. The summed E-state index contributed by atoms with van der Waals surface area (Å²) >= 11 is 6.71. The number of nitrogens with one attached hydrogen (secondary N) is 1. The van der Waals surface area contributed by atoms with E-state index >= 15 is 0 Å². The number of benzene rings is 2. The topological polar surface area (TPSA) is 149 Å². The maximum Gasteiger partial charge on any atom is 0.471 e. The largest absolute Gasteiger partial charge is 0.471 e. The second-order valence-electron chi connectivity index (χ2n) is 11.3. The van der Waals surface area contributed by atoms with E-state index in [0.717, 1.165) is 12.8 Å². The van der Waals surface area contributed by atoms with Crippen molar-refractivity contribution >= 4 is 41.7 Å². The normalized spacial score (nSPS) is 15.6. The second kappa shape index (κ2) is 11.6. The van der Waals surface area contributed by atoms with Gasteiger partial charge in [0.25, 0.3) is 0 Å². The lowest BCUT2D eigenvalue weighted by atomic mass is 9.95. The number of phosphoric ester groups is 1. The van der Waals surface area contributed by atoms with Crippen LogP contribution in [0.2, 0.25) is 5.02 Å². The summed E-state index contributed by atoms with van der Waals surface area (Å²) in [5, 5.41) is 22.3. The van der Waals surface area contributed by atoms with Gasteiger partial charge in [0.1, 0.15) is 24.3 Å². The third-order valence-electron chi connectivity index (χ3n) is 6.47. The fraction of sp³-hybridized carbons (Fsp3) is 0.357. The summed E-state index contributed by atoms with van der Waals surface area (Å²) in [6, 6.07) is 9.30. The highest BCUT2D eigenvalue weighted by Gasteiger charge is 2.28. The molecule has 220 valence electrons. The molecule has 5 rings (SSSR count). The Balaban J connectivity index is 1.66. The highest BCUT2D eigenvalue weighted by molar-refractivity contribution is 7.46. The van der Waals surface area contributed by atoms with E-state index in [2.05, 4.69) is 26.7 Å². The molecule has 0 radical (unpaired) electrons. The predicted molar refractivity (Wildman–Crippen MR) is 156 cm³/mol. The van der Waals surface area contributed by atoms with Gasteiger partial charge in [-0.15, -0.1) is 5.10 Å². The molecule has 1 atom stereocenters. The molecule has 3 N–H and O–H groups in total. The van der Waals surface area contributed by atoms with E-state index in [1.54, 1.807) is 27.9 Å². The molecule has 1 saturated carbocycles. The van der Waals surface area contributed by atoms with Crippen molar-refractivity contribution in [2.24, 2.45) is 5.41 Å². The number of rotatable bonds is 10. The first-order valence-electron chi connectivity index (χ1n) is 13.6. The Morgan fingerprint density at radius 2 is 2.05 bits per heavy atom. The van der Waals surface area contributed by atoms with Crippen LogP contribution in [0.15, 0.2) is 48.8 Å². The monoisotopic (exact) mass is 614 g/mol. The molecule has 0 aliphatic heterocycles. The molecular formula is C28H30ClFN7O4P. The fourth-order valence-electron chi connectivity index (χ4n) is 4.60. The van der Waals surface area contributed by atoms with E-state index in [9.17, 15) is 25.4 Å². The summed E-state index contributed by atoms with van der Waals surface area (Å²) in [6.07, 6.45) is 4.96. The van der Waals surface area contributed by atoms with Gasteiger partial charge in [-0.2, -0.15) is 5.26 Å². The number of fused-ring (bicyclic) bond motifs is 1. The summed E-state index contributed by atoms with van der Waals surface area (Å²) in [5.41, 5.74) is 1.39. The molecule has 2 heterocycles. The maximum atomic E-state index is 13.9. The lowest BCUT2D eigenvalue weighted by Gasteiger charge is -2.33. The number of anilines is 2. The van der Waals surface area contributed by atoms with Crippen LogP contribution in [-0.4, -0.2) is 43.0 Å². The molecule has 14 heteroatoms. The van der Waals surface area contributed by atoms with Crippen molar-refractivity contribution in [2.75, 3.05) is 23.5 Å². The number of hydrogen-bond acceptors (Lipinski definition) is 8. The average Bonchev–Trinajstić information content (AvgIpc) is 3.65. The van der Waals surface area contributed by atoms with Gasteiger partial charge >= 0.3 is 7.82 Å². The first-order chi connectivity index (χ1) is 20.2. The Bertz CT molecular complexity index is 1750. The van der Waals surface area contributed by atoms with Crippen LogP contribution < -0.4 is 10.2 Å². The first-order valence-corrected chi connectivity index (χ1v) is 15.0. The van der Waals surface area contributed by atoms with E-state index in [-0.39, 0.29) is 34.3 Å². The Kier molecular flexibility index (Phi) is 7.87. The lowest BCUT2D eigenvalue weighted by Crippen LogP contribution is -2.35. The van der Waals surface area contributed by atoms with Gasteiger partial charge in [0.15, 0.2) is 0 Å². The quantitative estimate of drug-likeness (QED) is 0.144. The molecule has 0 amide bonds. The fourth-order valence-corrected chi connectivity index (χ4v) is 5.16. The Hall–Kier alpha value is -3.59. The Morgan fingerprint density at radius 1 is 1.33 bits per heavy atom. The first kappa shape index (κ1) is 28.5. The minimum absolute atomic E-state index is 0.127. The third-order valence-corrected chi connectivity index (χ3v) is 7.21. The second-order valence-corrected chi connectivity index (χ2v) is 13.0. The van der Waals surface area contributed by atoms with Gasteiger partial charge in [0.2, 0.25) is 0 Å². The van der Waals surface area contributed by atoms with Crippen LogP contribution in [0.25, 0.3) is 10.9 Å². The number of aromatic nitrogens is 4. The molecule has 1 aliphatic carbocycles. The molecule has 4 aromatic rings. The number of nitriles is 1. The van der Waals surface area contributed by atoms with E-state index in [1.165, 1.54) is 30.5 Å². The summed E-state index contributed by atoms with van der Waals surface area (Å²) < 4.78 is 41.6. The summed E-state index contributed by atoms with van der Waals surface area (Å²) in [4.78, 5) is 24.8. The van der Waals surface area contributed by atoms with Crippen molar-refractivity contribution in [1.82, 2.24) is 20.0 Å². The van der Waals surface area contributed by atoms with Crippen molar-refractivity contribution in [3.8, 4) is 6.07 Å². The lowest BCUT2D eigenvalue weighted by molar-refractivity contribution is 0.191. The summed E-state index contributed by atoms with van der Waals surface area (Å²) in [6.45, 7) is 5.52. The smallest absolute Gasteiger partial charge is 0.373 e. The van der Waals surface area contributed by atoms with E-state index in [0.29, 0.717) is 27.8 Å². The van der Waals surface area contributed by atoms with Crippen LogP contribution in [0.5, 0.6) is 0 Å². The van der Waals surface area contributed by atoms with Gasteiger partial charge in [0.05, 0.1) is 41.4 Å².